The highest BCUT2D eigenvalue weighted by Gasteiger charge is 2.34. The minimum absolute atomic E-state index is 0.0419. The fourth-order valence-electron chi connectivity index (χ4n) is 3.22. The van der Waals surface area contributed by atoms with E-state index in [1.807, 2.05) is 18.2 Å². The number of benzene rings is 1. The van der Waals surface area contributed by atoms with Gasteiger partial charge in [0.2, 0.25) is 15.9 Å². The Bertz CT molecular complexity index is 827. The van der Waals surface area contributed by atoms with E-state index < -0.39 is 27.9 Å². The summed E-state index contributed by atoms with van der Waals surface area (Å²) in [5.74, 6) is -1.92. The third-order valence-electron chi connectivity index (χ3n) is 4.63. The largest absolute Gasteiger partial charge is 0.347 e. The first kappa shape index (κ1) is 19.3. The van der Waals surface area contributed by atoms with Crippen LogP contribution in [-0.4, -0.2) is 68.4 Å². The summed E-state index contributed by atoms with van der Waals surface area (Å²) < 4.78 is 24.6. The van der Waals surface area contributed by atoms with E-state index in [-0.39, 0.29) is 24.7 Å². The van der Waals surface area contributed by atoms with Crippen LogP contribution in [0.25, 0.3) is 0 Å². The van der Waals surface area contributed by atoms with Crippen molar-refractivity contribution in [3.63, 3.8) is 0 Å². The molecule has 1 atom stereocenters. The number of nitrogens with one attached hydrogen (secondary N) is 2. The molecule has 2 aliphatic rings. The molecule has 9 nitrogen and oxygen atoms in total. The van der Waals surface area contributed by atoms with E-state index in [4.69, 9.17) is 0 Å². The van der Waals surface area contributed by atoms with Crippen LogP contribution in [0.1, 0.15) is 12.8 Å². The highest BCUT2D eigenvalue weighted by atomic mass is 32.2. The van der Waals surface area contributed by atoms with E-state index in [9.17, 15) is 22.8 Å². The van der Waals surface area contributed by atoms with E-state index >= 15 is 0 Å². The zero-order valence-electron chi connectivity index (χ0n) is 14.8. The summed E-state index contributed by atoms with van der Waals surface area (Å²) in [6.45, 7) is 1.06. The molecule has 2 N–H and O–H groups in total. The van der Waals surface area contributed by atoms with Crippen molar-refractivity contribution in [3.8, 4) is 0 Å². The molecule has 0 bridgehead atoms. The van der Waals surface area contributed by atoms with Gasteiger partial charge >= 0.3 is 11.8 Å². The number of carbonyl (C=O) groups is 3. The highest BCUT2D eigenvalue weighted by molar-refractivity contribution is 7.89. The van der Waals surface area contributed by atoms with Crippen molar-refractivity contribution in [3.05, 3.63) is 30.3 Å². The molecule has 0 aromatic heterocycles. The second-order valence-electron chi connectivity index (χ2n) is 6.46. The summed E-state index contributed by atoms with van der Waals surface area (Å²) in [5.41, 5.74) is 0.746. The zero-order valence-corrected chi connectivity index (χ0v) is 15.6. The lowest BCUT2D eigenvalue weighted by atomic mass is 10.2. The van der Waals surface area contributed by atoms with Crippen molar-refractivity contribution in [1.82, 2.24) is 14.9 Å². The van der Waals surface area contributed by atoms with Gasteiger partial charge in [-0.2, -0.15) is 0 Å². The summed E-state index contributed by atoms with van der Waals surface area (Å²) >= 11 is 0. The van der Waals surface area contributed by atoms with Crippen LogP contribution in [0, 0.1) is 0 Å². The van der Waals surface area contributed by atoms with E-state index in [2.05, 4.69) is 10.6 Å². The Morgan fingerprint density at radius 3 is 2.52 bits per heavy atom. The number of rotatable bonds is 5. The van der Waals surface area contributed by atoms with Gasteiger partial charge in [0.25, 0.3) is 0 Å². The fourth-order valence-corrected chi connectivity index (χ4v) is 4.75. The summed E-state index contributed by atoms with van der Waals surface area (Å²) in [5, 5.41) is 4.85. The predicted octanol–water partition coefficient (Wildman–Crippen LogP) is -0.940. The lowest BCUT2D eigenvalue weighted by Gasteiger charge is -2.17. The summed E-state index contributed by atoms with van der Waals surface area (Å²) in [7, 11) is -3.23. The number of sulfonamides is 1. The Balaban J connectivity index is 1.46. The zero-order chi connectivity index (χ0) is 19.4. The molecule has 2 fully saturated rings. The van der Waals surface area contributed by atoms with Gasteiger partial charge in [0, 0.05) is 31.9 Å². The maximum absolute atomic E-state index is 12.4. The molecule has 1 aromatic carbocycles. The second-order valence-corrected chi connectivity index (χ2v) is 8.55. The van der Waals surface area contributed by atoms with E-state index in [0.29, 0.717) is 25.9 Å². The Kier molecular flexibility index (Phi) is 5.76. The SMILES string of the molecule is O=C(NCCN1CCCS1(=O)=O)C(=O)NC1CCN(c2ccccc2)C1=O. The van der Waals surface area contributed by atoms with Crippen LogP contribution in [0.4, 0.5) is 5.69 Å². The number of para-hydroxylation sites is 1. The van der Waals surface area contributed by atoms with Crippen LogP contribution >= 0.6 is 0 Å². The van der Waals surface area contributed by atoms with E-state index in [1.165, 1.54) is 4.31 Å². The number of hydrogen-bond donors (Lipinski definition) is 2. The van der Waals surface area contributed by atoms with E-state index in [0.717, 1.165) is 5.69 Å². The predicted molar refractivity (Wildman–Crippen MR) is 98.3 cm³/mol. The standard InChI is InChI=1S/C17H22N4O5S/c22-15(18-8-11-20-9-4-12-27(20,25)26)16(23)19-14-7-10-21(17(14)24)13-5-2-1-3-6-13/h1-3,5-6,14H,4,7-12H2,(H,18,22)(H,19,23). The molecule has 2 saturated heterocycles. The van der Waals surface area contributed by atoms with Gasteiger partial charge in [-0.15, -0.1) is 0 Å². The number of carbonyl (C=O) groups excluding carboxylic acids is 3. The average Bonchev–Trinajstić information content (AvgIpc) is 3.18. The van der Waals surface area contributed by atoms with Gasteiger partial charge in [0.05, 0.1) is 5.75 Å². The molecule has 10 heteroatoms. The molecule has 1 aromatic rings. The van der Waals surface area contributed by atoms with Crippen molar-refractivity contribution in [2.24, 2.45) is 0 Å². The number of nitrogens with zero attached hydrogens (tertiary/aromatic N) is 2. The summed E-state index contributed by atoms with van der Waals surface area (Å²) in [4.78, 5) is 37.9. The number of amides is 3. The lowest BCUT2D eigenvalue weighted by Crippen LogP contribution is -2.48. The van der Waals surface area contributed by atoms with Gasteiger partial charge in [0.15, 0.2) is 0 Å². The molecule has 0 saturated carbocycles. The molecule has 0 spiro atoms. The molecule has 1 unspecified atom stereocenters. The third-order valence-corrected chi connectivity index (χ3v) is 6.59. The van der Waals surface area contributed by atoms with Crippen LogP contribution in [0.3, 0.4) is 0 Å². The van der Waals surface area contributed by atoms with Crippen LogP contribution in [0.2, 0.25) is 0 Å². The van der Waals surface area contributed by atoms with Crippen molar-refractivity contribution in [1.29, 1.82) is 0 Å². The lowest BCUT2D eigenvalue weighted by molar-refractivity contribution is -0.140. The topological polar surface area (TPSA) is 116 Å². The number of hydrogen-bond acceptors (Lipinski definition) is 5. The Morgan fingerprint density at radius 1 is 1.11 bits per heavy atom. The normalized spacial score (nSPS) is 22.0. The van der Waals surface area contributed by atoms with Crippen molar-refractivity contribution in [2.75, 3.05) is 36.8 Å². The van der Waals surface area contributed by atoms with E-state index in [1.54, 1.807) is 17.0 Å². The van der Waals surface area contributed by atoms with Gasteiger partial charge in [-0.1, -0.05) is 18.2 Å². The molecular formula is C17H22N4O5S. The van der Waals surface area contributed by atoms with Crippen LogP contribution in [0.15, 0.2) is 30.3 Å². The second kappa shape index (κ2) is 8.05. The molecule has 0 aliphatic carbocycles. The fraction of sp³-hybridized carbons (Fsp3) is 0.471. The molecule has 3 rings (SSSR count). The molecule has 0 radical (unpaired) electrons. The molecule has 27 heavy (non-hydrogen) atoms. The van der Waals surface area contributed by atoms with Gasteiger partial charge in [0.1, 0.15) is 6.04 Å². The smallest absolute Gasteiger partial charge is 0.309 e. The summed E-state index contributed by atoms with van der Waals surface area (Å²) in [6.07, 6.45) is 0.983. The van der Waals surface area contributed by atoms with Crippen molar-refractivity contribution < 1.29 is 22.8 Å². The first-order valence-electron chi connectivity index (χ1n) is 8.81. The minimum Gasteiger partial charge on any atom is -0.347 e. The first-order chi connectivity index (χ1) is 12.9. The molecular weight excluding hydrogens is 372 g/mol. The number of anilines is 1. The highest BCUT2D eigenvalue weighted by Crippen LogP contribution is 2.21. The maximum Gasteiger partial charge on any atom is 0.309 e. The van der Waals surface area contributed by atoms with Crippen LogP contribution in [-0.2, 0) is 24.4 Å². The molecule has 3 amide bonds. The third kappa shape index (κ3) is 4.45. The Morgan fingerprint density at radius 2 is 1.85 bits per heavy atom. The van der Waals surface area contributed by atoms with Crippen molar-refractivity contribution >= 4 is 33.4 Å². The van der Waals surface area contributed by atoms with Gasteiger partial charge in [-0.05, 0) is 25.0 Å². The minimum atomic E-state index is -3.23. The van der Waals surface area contributed by atoms with Crippen LogP contribution < -0.4 is 15.5 Å². The Hall–Kier alpha value is -2.46. The average molecular weight is 394 g/mol. The molecule has 146 valence electrons. The summed E-state index contributed by atoms with van der Waals surface area (Å²) in [6, 6.07) is 8.36. The van der Waals surface area contributed by atoms with Gasteiger partial charge in [-0.25, -0.2) is 12.7 Å². The Labute approximate surface area is 157 Å². The van der Waals surface area contributed by atoms with Gasteiger partial charge < -0.3 is 15.5 Å². The first-order valence-corrected chi connectivity index (χ1v) is 10.4. The van der Waals surface area contributed by atoms with Crippen molar-refractivity contribution in [2.45, 2.75) is 18.9 Å². The van der Waals surface area contributed by atoms with Crippen LogP contribution in [0.5, 0.6) is 0 Å². The molecule has 2 aliphatic heterocycles. The quantitative estimate of drug-likeness (QED) is 0.626. The molecule has 2 heterocycles. The maximum atomic E-state index is 12.4. The monoisotopic (exact) mass is 394 g/mol. The van der Waals surface area contributed by atoms with Gasteiger partial charge in [-0.3, -0.25) is 14.4 Å².